The van der Waals surface area contributed by atoms with Crippen LogP contribution in [-0.2, 0) is 0 Å². The van der Waals surface area contributed by atoms with Gasteiger partial charge >= 0.3 is 0 Å². The van der Waals surface area contributed by atoms with Gasteiger partial charge in [0, 0.05) is 0 Å². The fraction of sp³-hybridized carbons (Fsp3) is 1.00. The molecule has 0 heterocycles. The lowest BCUT2D eigenvalue weighted by atomic mass is 9.65. The summed E-state index contributed by atoms with van der Waals surface area (Å²) in [6.07, 6.45) is 4.45. The van der Waals surface area contributed by atoms with Crippen molar-refractivity contribution in [2.45, 2.75) is 60.8 Å². The first-order chi connectivity index (χ1) is 6.91. The molecule has 0 bridgehead atoms. The van der Waals surface area contributed by atoms with E-state index in [9.17, 15) is 0 Å². The molecule has 1 aliphatic carbocycles. The van der Waals surface area contributed by atoms with E-state index in [4.69, 9.17) is 0 Å². The number of rotatable bonds is 3. The fourth-order valence-electron chi connectivity index (χ4n) is 3.09. The van der Waals surface area contributed by atoms with E-state index in [0.717, 1.165) is 35.5 Å². The smallest absolute Gasteiger partial charge is 0.0386 e. The van der Waals surface area contributed by atoms with Gasteiger partial charge in [0.15, 0.2) is 0 Å². The van der Waals surface area contributed by atoms with Gasteiger partial charge in [0.25, 0.3) is 0 Å². The number of hydrogen-bond donors (Lipinski definition) is 0. The van der Waals surface area contributed by atoms with E-state index < -0.39 is 0 Å². The van der Waals surface area contributed by atoms with E-state index >= 15 is 0 Å². The van der Waals surface area contributed by atoms with Crippen molar-refractivity contribution in [3.63, 3.8) is 0 Å². The lowest BCUT2D eigenvalue weighted by Crippen LogP contribution is -2.30. The highest BCUT2D eigenvalue weighted by Gasteiger charge is 2.32. The van der Waals surface area contributed by atoms with Crippen molar-refractivity contribution in [2.75, 3.05) is 0 Å². The summed E-state index contributed by atoms with van der Waals surface area (Å²) in [4.78, 5) is 0. The summed E-state index contributed by atoms with van der Waals surface area (Å²) in [5.74, 6) is 5.60. The molecule has 0 aromatic rings. The molecule has 1 rings (SSSR count). The van der Waals surface area contributed by atoms with E-state index in [1.54, 1.807) is 0 Å². The largest absolute Gasteiger partial charge is 0.0625 e. The van der Waals surface area contributed by atoms with Gasteiger partial charge in [0.2, 0.25) is 0 Å². The predicted molar refractivity (Wildman–Crippen MR) is 68.8 cm³/mol. The Labute approximate surface area is 96.8 Å². The first-order valence-electron chi connectivity index (χ1n) is 6.91. The Morgan fingerprint density at radius 2 is 0.733 bits per heavy atom. The maximum absolute atomic E-state index is 2.41. The van der Waals surface area contributed by atoms with Gasteiger partial charge in [-0.1, -0.05) is 41.5 Å². The van der Waals surface area contributed by atoms with Crippen molar-refractivity contribution >= 4 is 0 Å². The predicted octanol–water partition coefficient (Wildman–Crippen LogP) is 4.99. The molecular weight excluding hydrogens is 180 g/mol. The highest BCUT2D eigenvalue weighted by Crippen LogP contribution is 2.42. The van der Waals surface area contributed by atoms with E-state index in [-0.39, 0.29) is 0 Å². The summed E-state index contributed by atoms with van der Waals surface area (Å²) in [7, 11) is 0. The van der Waals surface area contributed by atoms with Crippen LogP contribution < -0.4 is 0 Å². The zero-order valence-corrected chi connectivity index (χ0v) is 11.6. The van der Waals surface area contributed by atoms with Gasteiger partial charge in [-0.05, 0) is 54.8 Å². The van der Waals surface area contributed by atoms with Crippen LogP contribution in [0, 0.1) is 35.5 Å². The topological polar surface area (TPSA) is 0 Å². The van der Waals surface area contributed by atoms with Crippen LogP contribution in [0.5, 0.6) is 0 Å². The standard InChI is InChI=1S/C15H30/c1-10(2)13-7-14(11(3)4)9-15(8-13)12(5)6/h10-15H,7-9H2,1-6H3. The molecule has 0 spiro atoms. The number of hydrogen-bond acceptors (Lipinski definition) is 0. The molecule has 1 fully saturated rings. The quantitative estimate of drug-likeness (QED) is 0.616. The van der Waals surface area contributed by atoms with Crippen LogP contribution in [0.4, 0.5) is 0 Å². The van der Waals surface area contributed by atoms with E-state index in [1.165, 1.54) is 19.3 Å². The molecule has 90 valence electrons. The van der Waals surface area contributed by atoms with Gasteiger partial charge in [-0.3, -0.25) is 0 Å². The minimum Gasteiger partial charge on any atom is -0.0625 e. The van der Waals surface area contributed by atoms with Crippen molar-refractivity contribution in [1.82, 2.24) is 0 Å². The highest BCUT2D eigenvalue weighted by atomic mass is 14.4. The normalized spacial score (nSPS) is 33.0. The van der Waals surface area contributed by atoms with E-state index in [2.05, 4.69) is 41.5 Å². The monoisotopic (exact) mass is 210 g/mol. The van der Waals surface area contributed by atoms with Gasteiger partial charge in [-0.25, -0.2) is 0 Å². The minimum absolute atomic E-state index is 0.882. The average molecular weight is 210 g/mol. The summed E-state index contributed by atoms with van der Waals surface area (Å²) in [6.45, 7) is 14.4. The Bertz CT molecular complexity index is 139. The molecule has 0 unspecified atom stereocenters. The maximum atomic E-state index is 2.41. The summed E-state index contributed by atoms with van der Waals surface area (Å²) < 4.78 is 0. The summed E-state index contributed by atoms with van der Waals surface area (Å²) >= 11 is 0. The third-order valence-electron chi connectivity index (χ3n) is 4.64. The molecule has 0 atom stereocenters. The van der Waals surface area contributed by atoms with Crippen molar-refractivity contribution in [3.8, 4) is 0 Å². The van der Waals surface area contributed by atoms with Crippen LogP contribution >= 0.6 is 0 Å². The van der Waals surface area contributed by atoms with Gasteiger partial charge in [-0.15, -0.1) is 0 Å². The Morgan fingerprint density at radius 3 is 0.867 bits per heavy atom. The summed E-state index contributed by atoms with van der Waals surface area (Å²) in [5, 5.41) is 0. The lowest BCUT2D eigenvalue weighted by Gasteiger charge is -2.40. The van der Waals surface area contributed by atoms with Crippen LogP contribution in [0.3, 0.4) is 0 Å². The zero-order valence-electron chi connectivity index (χ0n) is 11.6. The molecule has 0 aromatic heterocycles. The molecule has 0 aromatic carbocycles. The summed E-state index contributed by atoms with van der Waals surface area (Å²) in [5.41, 5.74) is 0. The third kappa shape index (κ3) is 3.50. The molecule has 0 radical (unpaired) electrons. The van der Waals surface area contributed by atoms with Gasteiger partial charge in [0.1, 0.15) is 0 Å². The Hall–Kier alpha value is 0. The second-order valence-electron chi connectivity index (χ2n) is 6.72. The molecule has 1 saturated carbocycles. The molecule has 0 nitrogen and oxygen atoms in total. The molecule has 0 heteroatoms. The van der Waals surface area contributed by atoms with E-state index in [0.29, 0.717) is 0 Å². The SMILES string of the molecule is CC(C)C1CC(C(C)C)CC(C(C)C)C1. The second-order valence-corrected chi connectivity index (χ2v) is 6.72. The second kappa shape index (κ2) is 5.37. The van der Waals surface area contributed by atoms with Crippen LogP contribution in [0.15, 0.2) is 0 Å². The zero-order chi connectivity index (χ0) is 11.6. The molecule has 0 N–H and O–H groups in total. The third-order valence-corrected chi connectivity index (χ3v) is 4.64. The lowest BCUT2D eigenvalue weighted by molar-refractivity contribution is 0.102. The van der Waals surface area contributed by atoms with Gasteiger partial charge in [0.05, 0.1) is 0 Å². The van der Waals surface area contributed by atoms with Crippen molar-refractivity contribution in [1.29, 1.82) is 0 Å². The Morgan fingerprint density at radius 1 is 0.533 bits per heavy atom. The fourth-order valence-corrected chi connectivity index (χ4v) is 3.09. The van der Waals surface area contributed by atoms with Crippen molar-refractivity contribution in [3.05, 3.63) is 0 Å². The van der Waals surface area contributed by atoms with E-state index in [1.807, 2.05) is 0 Å². The minimum atomic E-state index is 0.882. The summed E-state index contributed by atoms with van der Waals surface area (Å²) in [6, 6.07) is 0. The highest BCUT2D eigenvalue weighted by molar-refractivity contribution is 4.83. The molecular formula is C15H30. The Balaban J connectivity index is 2.64. The average Bonchev–Trinajstić information content (AvgIpc) is 2.16. The first kappa shape index (κ1) is 13.1. The van der Waals surface area contributed by atoms with Crippen LogP contribution in [-0.4, -0.2) is 0 Å². The van der Waals surface area contributed by atoms with Crippen molar-refractivity contribution < 1.29 is 0 Å². The molecule has 1 aliphatic rings. The molecule has 0 aliphatic heterocycles. The van der Waals surface area contributed by atoms with Gasteiger partial charge in [-0.2, -0.15) is 0 Å². The van der Waals surface area contributed by atoms with Crippen LogP contribution in [0.25, 0.3) is 0 Å². The molecule has 0 amide bonds. The van der Waals surface area contributed by atoms with Gasteiger partial charge < -0.3 is 0 Å². The Kier molecular flexibility index (Phi) is 4.67. The van der Waals surface area contributed by atoms with Crippen LogP contribution in [0.2, 0.25) is 0 Å². The first-order valence-corrected chi connectivity index (χ1v) is 6.91. The van der Waals surface area contributed by atoms with Crippen LogP contribution in [0.1, 0.15) is 60.8 Å². The molecule has 15 heavy (non-hydrogen) atoms. The molecule has 0 saturated heterocycles. The maximum Gasteiger partial charge on any atom is -0.0386 e. The van der Waals surface area contributed by atoms with Crippen molar-refractivity contribution in [2.24, 2.45) is 35.5 Å².